The Balaban J connectivity index is 1.18. The maximum Gasteiger partial charge on any atom is 0.119 e. The van der Waals surface area contributed by atoms with Crippen molar-refractivity contribution in [3.8, 4) is 16.9 Å². The van der Waals surface area contributed by atoms with E-state index in [0.29, 0.717) is 0 Å². The fourth-order valence-electron chi connectivity index (χ4n) is 4.29. The van der Waals surface area contributed by atoms with Crippen LogP contribution in [0.15, 0.2) is 73.1 Å². The van der Waals surface area contributed by atoms with E-state index in [-0.39, 0.29) is 0 Å². The molecule has 4 aromatic rings. The van der Waals surface area contributed by atoms with Crippen molar-refractivity contribution in [3.63, 3.8) is 0 Å². The molecule has 0 unspecified atom stereocenters. The van der Waals surface area contributed by atoms with Gasteiger partial charge in [-0.2, -0.15) is 0 Å². The van der Waals surface area contributed by atoms with Gasteiger partial charge in [0.05, 0.1) is 24.0 Å². The summed E-state index contributed by atoms with van der Waals surface area (Å²) in [6.07, 6.45) is 4.04. The summed E-state index contributed by atoms with van der Waals surface area (Å²) in [5.41, 5.74) is 7.50. The Morgan fingerprint density at radius 1 is 0.933 bits per heavy atom. The van der Waals surface area contributed by atoms with Crippen molar-refractivity contribution in [3.05, 3.63) is 84.2 Å². The van der Waals surface area contributed by atoms with Crippen LogP contribution in [-0.4, -0.2) is 34.1 Å². The number of fused-ring (bicyclic) bond motifs is 2. The summed E-state index contributed by atoms with van der Waals surface area (Å²) in [7, 11) is 2.03. The van der Waals surface area contributed by atoms with Crippen LogP contribution < -0.4 is 4.74 Å². The Morgan fingerprint density at radius 3 is 2.73 bits per heavy atom. The van der Waals surface area contributed by atoms with E-state index in [0.717, 1.165) is 55.9 Å². The van der Waals surface area contributed by atoms with E-state index in [1.807, 2.05) is 19.4 Å². The van der Waals surface area contributed by atoms with E-state index >= 15 is 0 Å². The number of hydrogen-bond donors (Lipinski definition) is 0. The van der Waals surface area contributed by atoms with E-state index in [1.54, 1.807) is 0 Å². The van der Waals surface area contributed by atoms with Crippen molar-refractivity contribution in [2.75, 3.05) is 19.7 Å². The van der Waals surface area contributed by atoms with Crippen molar-refractivity contribution < 1.29 is 4.74 Å². The van der Waals surface area contributed by atoms with Crippen molar-refractivity contribution >= 4 is 11.0 Å². The minimum atomic E-state index is 0.738. The van der Waals surface area contributed by atoms with Crippen molar-refractivity contribution in [1.82, 2.24) is 14.5 Å². The second-order valence-corrected chi connectivity index (χ2v) is 8.08. The molecule has 0 atom stereocenters. The molecule has 3 aromatic carbocycles. The number of hydrogen-bond acceptors (Lipinski definition) is 3. The highest BCUT2D eigenvalue weighted by molar-refractivity contribution is 5.82. The summed E-state index contributed by atoms with van der Waals surface area (Å²) in [6, 6.07) is 23.6. The first kappa shape index (κ1) is 18.9. The summed E-state index contributed by atoms with van der Waals surface area (Å²) >= 11 is 0. The summed E-state index contributed by atoms with van der Waals surface area (Å²) < 4.78 is 8.13. The second-order valence-electron chi connectivity index (χ2n) is 8.08. The van der Waals surface area contributed by atoms with Crippen LogP contribution >= 0.6 is 0 Å². The van der Waals surface area contributed by atoms with Crippen LogP contribution in [0.2, 0.25) is 0 Å². The molecule has 0 saturated heterocycles. The normalized spacial score (nSPS) is 14.0. The van der Waals surface area contributed by atoms with Crippen LogP contribution in [0.3, 0.4) is 0 Å². The van der Waals surface area contributed by atoms with Gasteiger partial charge in [0, 0.05) is 26.7 Å². The lowest BCUT2D eigenvalue weighted by Gasteiger charge is -2.28. The zero-order valence-corrected chi connectivity index (χ0v) is 17.4. The largest absolute Gasteiger partial charge is 0.494 e. The summed E-state index contributed by atoms with van der Waals surface area (Å²) in [6.45, 7) is 4.01. The SMILES string of the molecule is Cn1cnc2ccc(-c3cccc(OCCCN4CCc5ccccc5C4)c3)cc21. The Hall–Kier alpha value is -3.11. The van der Waals surface area contributed by atoms with Gasteiger partial charge in [-0.3, -0.25) is 4.90 Å². The lowest BCUT2D eigenvalue weighted by atomic mass is 10.00. The fourth-order valence-corrected chi connectivity index (χ4v) is 4.29. The Labute approximate surface area is 177 Å². The number of imidazole rings is 1. The van der Waals surface area contributed by atoms with Crippen LogP contribution in [0.25, 0.3) is 22.2 Å². The molecule has 0 saturated carbocycles. The van der Waals surface area contributed by atoms with Crippen molar-refractivity contribution in [1.29, 1.82) is 0 Å². The average Bonchev–Trinajstić information content (AvgIpc) is 3.17. The molecule has 0 aliphatic carbocycles. The third kappa shape index (κ3) is 3.96. The molecule has 0 radical (unpaired) electrons. The Bertz CT molecular complexity index is 1160. The first-order valence-corrected chi connectivity index (χ1v) is 10.7. The second kappa shape index (κ2) is 8.33. The first-order chi connectivity index (χ1) is 14.8. The van der Waals surface area contributed by atoms with E-state index < -0.39 is 0 Å². The monoisotopic (exact) mass is 397 g/mol. The standard InChI is InChI=1S/C26H27N3O/c1-28-19-27-25-11-10-22(17-26(25)28)21-8-4-9-24(16-21)30-15-5-13-29-14-12-20-6-2-3-7-23(20)18-29/h2-4,6-11,16-17,19H,5,12-15,18H2,1H3. The number of aryl methyl sites for hydroxylation is 1. The van der Waals surface area contributed by atoms with Crippen LogP contribution in [0.5, 0.6) is 5.75 Å². The van der Waals surface area contributed by atoms with Gasteiger partial charge in [-0.05, 0) is 59.4 Å². The van der Waals surface area contributed by atoms with E-state index in [4.69, 9.17) is 4.74 Å². The predicted octanol–water partition coefficient (Wildman–Crippen LogP) is 5.07. The van der Waals surface area contributed by atoms with E-state index in [1.165, 1.54) is 22.3 Å². The molecular formula is C26H27N3O. The molecule has 1 aromatic heterocycles. The van der Waals surface area contributed by atoms with Gasteiger partial charge in [-0.1, -0.05) is 42.5 Å². The molecule has 0 spiro atoms. The van der Waals surface area contributed by atoms with Crippen LogP contribution in [-0.2, 0) is 20.0 Å². The molecular weight excluding hydrogens is 370 g/mol. The van der Waals surface area contributed by atoms with Crippen LogP contribution in [0.4, 0.5) is 0 Å². The first-order valence-electron chi connectivity index (χ1n) is 10.7. The molecule has 0 bridgehead atoms. The maximum absolute atomic E-state index is 6.08. The van der Waals surface area contributed by atoms with Crippen molar-refractivity contribution in [2.24, 2.45) is 7.05 Å². The van der Waals surface area contributed by atoms with Gasteiger partial charge in [-0.15, -0.1) is 0 Å². The predicted molar refractivity (Wildman–Crippen MR) is 122 cm³/mol. The number of benzene rings is 3. The maximum atomic E-state index is 6.08. The molecule has 0 amide bonds. The Kier molecular flexibility index (Phi) is 5.24. The van der Waals surface area contributed by atoms with Crippen LogP contribution in [0.1, 0.15) is 17.5 Å². The summed E-state index contributed by atoms with van der Waals surface area (Å²) in [5.74, 6) is 0.932. The molecule has 1 aliphatic rings. The number of nitrogens with zero attached hydrogens (tertiary/aromatic N) is 3. The third-order valence-electron chi connectivity index (χ3n) is 5.99. The highest BCUT2D eigenvalue weighted by Gasteiger charge is 2.15. The molecule has 4 nitrogen and oxygen atoms in total. The summed E-state index contributed by atoms with van der Waals surface area (Å²) in [4.78, 5) is 6.94. The molecule has 152 valence electrons. The lowest BCUT2D eigenvalue weighted by Crippen LogP contribution is -2.31. The Morgan fingerprint density at radius 2 is 1.80 bits per heavy atom. The molecule has 1 aliphatic heterocycles. The smallest absolute Gasteiger partial charge is 0.119 e. The van der Waals surface area contributed by atoms with Gasteiger partial charge < -0.3 is 9.30 Å². The van der Waals surface area contributed by atoms with Gasteiger partial charge in [0.1, 0.15) is 5.75 Å². The molecule has 0 fully saturated rings. The van der Waals surface area contributed by atoms with Gasteiger partial charge in [0.2, 0.25) is 0 Å². The number of rotatable bonds is 6. The van der Waals surface area contributed by atoms with Gasteiger partial charge in [0.15, 0.2) is 0 Å². The zero-order valence-electron chi connectivity index (χ0n) is 17.4. The fraction of sp³-hybridized carbons (Fsp3) is 0.269. The van der Waals surface area contributed by atoms with Gasteiger partial charge >= 0.3 is 0 Å². The zero-order chi connectivity index (χ0) is 20.3. The lowest BCUT2D eigenvalue weighted by molar-refractivity contribution is 0.221. The topological polar surface area (TPSA) is 30.3 Å². The number of ether oxygens (including phenoxy) is 1. The number of aromatic nitrogens is 2. The third-order valence-corrected chi connectivity index (χ3v) is 5.99. The molecule has 4 heteroatoms. The molecule has 30 heavy (non-hydrogen) atoms. The minimum absolute atomic E-state index is 0.738. The molecule has 0 N–H and O–H groups in total. The van der Waals surface area contributed by atoms with Crippen LogP contribution in [0, 0.1) is 0 Å². The molecule has 2 heterocycles. The highest BCUT2D eigenvalue weighted by atomic mass is 16.5. The van der Waals surface area contributed by atoms with Gasteiger partial charge in [-0.25, -0.2) is 4.98 Å². The highest BCUT2D eigenvalue weighted by Crippen LogP contribution is 2.27. The van der Waals surface area contributed by atoms with E-state index in [2.05, 4.69) is 75.1 Å². The average molecular weight is 398 g/mol. The van der Waals surface area contributed by atoms with E-state index in [9.17, 15) is 0 Å². The summed E-state index contributed by atoms with van der Waals surface area (Å²) in [5, 5.41) is 0. The minimum Gasteiger partial charge on any atom is -0.494 e. The quantitative estimate of drug-likeness (QED) is 0.426. The molecule has 5 rings (SSSR count). The van der Waals surface area contributed by atoms with Gasteiger partial charge in [0.25, 0.3) is 0 Å². The van der Waals surface area contributed by atoms with Crippen molar-refractivity contribution in [2.45, 2.75) is 19.4 Å².